The molecule has 1 aromatic carbocycles. The molecular formula is C11H12N2O3S. The summed E-state index contributed by atoms with van der Waals surface area (Å²) < 4.78 is 4.90. The number of nitrogens with one attached hydrogen (secondary N) is 1. The first-order valence-corrected chi connectivity index (χ1v) is 5.57. The van der Waals surface area contributed by atoms with Crippen molar-refractivity contribution < 1.29 is 9.21 Å². The van der Waals surface area contributed by atoms with Crippen LogP contribution in [0.15, 0.2) is 27.4 Å². The first-order valence-electron chi connectivity index (χ1n) is 5.12. The lowest BCUT2D eigenvalue weighted by Crippen LogP contribution is -2.23. The summed E-state index contributed by atoms with van der Waals surface area (Å²) >= 11 is 3.73. The van der Waals surface area contributed by atoms with Crippen molar-refractivity contribution >= 4 is 29.0 Å². The molecule has 1 amide bonds. The van der Waals surface area contributed by atoms with E-state index in [1.807, 2.05) is 12.1 Å². The molecule has 0 aliphatic heterocycles. The summed E-state index contributed by atoms with van der Waals surface area (Å²) in [6, 6.07) is 5.46. The number of carbonyl (C=O) groups is 1. The Morgan fingerprint density at radius 1 is 1.53 bits per heavy atom. The molecule has 17 heavy (non-hydrogen) atoms. The molecule has 6 heteroatoms. The Balaban J connectivity index is 2.14. The number of hydrogen-bond donors (Lipinski definition) is 2. The predicted octanol–water partition coefficient (Wildman–Crippen LogP) is 1.65. The Morgan fingerprint density at radius 3 is 3.00 bits per heavy atom. The third kappa shape index (κ3) is 2.71. The Hall–Kier alpha value is -1.69. The van der Waals surface area contributed by atoms with Gasteiger partial charge in [0.05, 0.1) is 5.52 Å². The number of thiol groups is 1. The van der Waals surface area contributed by atoms with Gasteiger partial charge < -0.3 is 9.32 Å². The molecule has 0 saturated carbocycles. The second-order valence-electron chi connectivity index (χ2n) is 3.80. The van der Waals surface area contributed by atoms with E-state index < -0.39 is 5.76 Å². The van der Waals surface area contributed by atoms with Crippen LogP contribution < -0.4 is 5.76 Å². The summed E-state index contributed by atoms with van der Waals surface area (Å²) in [5, 5.41) is -0.261. The summed E-state index contributed by atoms with van der Waals surface area (Å²) in [5.41, 5.74) is 2.24. The predicted molar refractivity (Wildman–Crippen MR) is 67.6 cm³/mol. The number of nitrogens with zero attached hydrogens (tertiary/aromatic N) is 1. The Labute approximate surface area is 103 Å². The number of rotatable bonds is 3. The van der Waals surface area contributed by atoms with Crippen LogP contribution in [-0.2, 0) is 6.42 Å². The van der Waals surface area contributed by atoms with E-state index in [0.717, 1.165) is 5.56 Å². The standard InChI is InChI=1S/C11H12N2O3S/c1-13(11(15)17)5-4-7-2-3-9-8(6-7)12-10(14)16-9/h2-3,6H,4-5H2,1H3,(H,12,14)(H,15,17). The number of likely N-dealkylation sites (N-methyl/N-ethyl adjacent to an activating group) is 1. The molecule has 0 fully saturated rings. The second kappa shape index (κ2) is 4.67. The lowest BCUT2D eigenvalue weighted by Gasteiger charge is -2.13. The summed E-state index contributed by atoms with van der Waals surface area (Å²) in [6.45, 7) is 0.579. The lowest BCUT2D eigenvalue weighted by molar-refractivity contribution is 0.234. The summed E-state index contributed by atoms with van der Waals surface area (Å²) in [5.74, 6) is -0.459. The van der Waals surface area contributed by atoms with Crippen LogP contribution in [-0.4, -0.2) is 28.7 Å². The maximum absolute atomic E-state index is 11.0. The van der Waals surface area contributed by atoms with Gasteiger partial charge in [0.2, 0.25) is 0 Å². The van der Waals surface area contributed by atoms with E-state index in [1.54, 1.807) is 13.1 Å². The van der Waals surface area contributed by atoms with Crippen molar-refractivity contribution in [3.05, 3.63) is 34.3 Å². The molecule has 0 spiro atoms. The van der Waals surface area contributed by atoms with Crippen LogP contribution in [0.25, 0.3) is 11.1 Å². The van der Waals surface area contributed by atoms with E-state index in [4.69, 9.17) is 4.42 Å². The second-order valence-corrected chi connectivity index (χ2v) is 4.18. The summed E-state index contributed by atoms with van der Waals surface area (Å²) in [4.78, 5) is 26.0. The summed E-state index contributed by atoms with van der Waals surface area (Å²) in [7, 11) is 1.69. The van der Waals surface area contributed by atoms with Gasteiger partial charge in [-0.15, -0.1) is 0 Å². The number of aromatic amines is 1. The van der Waals surface area contributed by atoms with E-state index >= 15 is 0 Å². The lowest BCUT2D eigenvalue weighted by atomic mass is 10.1. The number of H-pyrrole nitrogens is 1. The maximum Gasteiger partial charge on any atom is 0.417 e. The fourth-order valence-corrected chi connectivity index (χ4v) is 1.65. The Bertz CT molecular complexity index is 602. The maximum atomic E-state index is 11.0. The number of benzene rings is 1. The van der Waals surface area contributed by atoms with Crippen LogP contribution in [0.5, 0.6) is 0 Å². The topological polar surface area (TPSA) is 66.3 Å². The molecule has 0 aliphatic carbocycles. The van der Waals surface area contributed by atoms with Gasteiger partial charge in [0, 0.05) is 13.6 Å². The third-order valence-corrected chi connectivity index (χ3v) is 2.89. The zero-order valence-electron chi connectivity index (χ0n) is 9.27. The van der Waals surface area contributed by atoms with Gasteiger partial charge in [0.1, 0.15) is 0 Å². The molecule has 1 aromatic heterocycles. The Kier molecular flexibility index (Phi) is 3.23. The van der Waals surface area contributed by atoms with Gasteiger partial charge in [-0.1, -0.05) is 18.7 Å². The van der Waals surface area contributed by atoms with Crippen LogP contribution in [0.3, 0.4) is 0 Å². The highest BCUT2D eigenvalue weighted by Gasteiger charge is 2.05. The van der Waals surface area contributed by atoms with Crippen LogP contribution in [0.2, 0.25) is 0 Å². The normalized spacial score (nSPS) is 10.7. The molecule has 2 aromatic rings. The van der Waals surface area contributed by atoms with Crippen molar-refractivity contribution in [2.75, 3.05) is 13.6 Å². The quantitative estimate of drug-likeness (QED) is 0.816. The first-order chi connectivity index (χ1) is 8.06. The number of amides is 1. The highest BCUT2D eigenvalue weighted by atomic mass is 32.1. The Morgan fingerprint density at radius 2 is 2.29 bits per heavy atom. The van der Waals surface area contributed by atoms with Crippen LogP contribution in [0.1, 0.15) is 5.56 Å². The number of carbonyl (C=O) groups excluding carboxylic acids is 1. The highest BCUT2D eigenvalue weighted by molar-refractivity contribution is 7.96. The van der Waals surface area contributed by atoms with Crippen molar-refractivity contribution in [3.8, 4) is 0 Å². The van der Waals surface area contributed by atoms with E-state index in [2.05, 4.69) is 17.6 Å². The highest BCUT2D eigenvalue weighted by Crippen LogP contribution is 2.13. The minimum Gasteiger partial charge on any atom is -0.408 e. The number of oxazole rings is 1. The zero-order valence-corrected chi connectivity index (χ0v) is 10.2. The molecule has 0 aliphatic rings. The van der Waals surface area contributed by atoms with Crippen molar-refractivity contribution in [1.82, 2.24) is 9.88 Å². The number of fused-ring (bicyclic) bond motifs is 1. The third-order valence-electron chi connectivity index (χ3n) is 2.55. The summed E-state index contributed by atoms with van der Waals surface area (Å²) in [6.07, 6.45) is 0.700. The monoisotopic (exact) mass is 252 g/mol. The average molecular weight is 252 g/mol. The largest absolute Gasteiger partial charge is 0.417 e. The smallest absolute Gasteiger partial charge is 0.408 e. The number of aromatic nitrogens is 1. The molecule has 0 bridgehead atoms. The SMILES string of the molecule is CN(CCc1ccc2oc(=O)[nH]c2c1)C(=O)S. The van der Waals surface area contributed by atoms with E-state index in [-0.39, 0.29) is 5.24 Å². The van der Waals surface area contributed by atoms with Crippen molar-refractivity contribution in [2.45, 2.75) is 6.42 Å². The van der Waals surface area contributed by atoms with Gasteiger partial charge >= 0.3 is 5.76 Å². The van der Waals surface area contributed by atoms with Gasteiger partial charge in [-0.3, -0.25) is 9.78 Å². The van der Waals surface area contributed by atoms with Gasteiger partial charge in [0.25, 0.3) is 5.24 Å². The first kappa shape index (κ1) is 11.8. The van der Waals surface area contributed by atoms with Crippen LogP contribution in [0, 0.1) is 0 Å². The zero-order chi connectivity index (χ0) is 12.4. The minimum atomic E-state index is -0.459. The van der Waals surface area contributed by atoms with Crippen LogP contribution >= 0.6 is 12.6 Å². The molecule has 90 valence electrons. The fourth-order valence-electron chi connectivity index (χ4n) is 1.55. The molecule has 0 radical (unpaired) electrons. The van der Waals surface area contributed by atoms with Gasteiger partial charge in [-0.2, -0.15) is 0 Å². The molecule has 1 heterocycles. The average Bonchev–Trinajstić information content (AvgIpc) is 2.64. The van der Waals surface area contributed by atoms with Gasteiger partial charge in [-0.25, -0.2) is 4.79 Å². The molecule has 5 nitrogen and oxygen atoms in total. The minimum absolute atomic E-state index is 0.261. The van der Waals surface area contributed by atoms with E-state index in [1.165, 1.54) is 4.90 Å². The van der Waals surface area contributed by atoms with Crippen molar-refractivity contribution in [3.63, 3.8) is 0 Å². The molecule has 0 unspecified atom stereocenters. The van der Waals surface area contributed by atoms with Gasteiger partial charge in [0.15, 0.2) is 5.58 Å². The molecule has 0 atom stereocenters. The van der Waals surface area contributed by atoms with E-state index in [9.17, 15) is 9.59 Å². The van der Waals surface area contributed by atoms with Gasteiger partial charge in [-0.05, 0) is 24.1 Å². The molecule has 0 saturated heterocycles. The van der Waals surface area contributed by atoms with Crippen molar-refractivity contribution in [1.29, 1.82) is 0 Å². The molecular weight excluding hydrogens is 240 g/mol. The van der Waals surface area contributed by atoms with Crippen LogP contribution in [0.4, 0.5) is 4.79 Å². The molecule has 2 rings (SSSR count). The number of hydrogen-bond acceptors (Lipinski definition) is 3. The van der Waals surface area contributed by atoms with Crippen molar-refractivity contribution in [2.24, 2.45) is 0 Å². The molecule has 1 N–H and O–H groups in total. The van der Waals surface area contributed by atoms with E-state index in [0.29, 0.717) is 24.1 Å². The fraction of sp³-hybridized carbons (Fsp3) is 0.273.